The van der Waals surface area contributed by atoms with Crippen LogP contribution in [0.5, 0.6) is 0 Å². The van der Waals surface area contributed by atoms with Crippen molar-refractivity contribution < 1.29 is 24.2 Å². The van der Waals surface area contributed by atoms with Gasteiger partial charge in [-0.1, -0.05) is 18.2 Å². The highest BCUT2D eigenvalue weighted by atomic mass is 16.5. The molecule has 0 atom stereocenters. The van der Waals surface area contributed by atoms with Crippen molar-refractivity contribution in [3.63, 3.8) is 0 Å². The number of carbonyl (C=O) groups is 3. The van der Waals surface area contributed by atoms with Crippen molar-refractivity contribution in [2.24, 2.45) is 0 Å². The number of para-hydroxylation sites is 1. The Bertz CT molecular complexity index is 969. The fraction of sp³-hybridized carbons (Fsp3) is 0.105. The molecule has 0 aliphatic heterocycles. The van der Waals surface area contributed by atoms with Crippen LogP contribution in [-0.2, 0) is 4.74 Å². The van der Waals surface area contributed by atoms with Gasteiger partial charge < -0.3 is 9.84 Å². The predicted molar refractivity (Wildman–Crippen MR) is 91.0 cm³/mol. The third-order valence-corrected chi connectivity index (χ3v) is 3.78. The topological polar surface area (TPSA) is 85.6 Å². The maximum atomic E-state index is 12.9. The molecule has 0 radical (unpaired) electrons. The third kappa shape index (κ3) is 3.01. The Hall–Kier alpha value is -3.41. The molecule has 0 amide bonds. The van der Waals surface area contributed by atoms with Gasteiger partial charge in [-0.05, 0) is 43.3 Å². The average Bonchev–Trinajstić information content (AvgIpc) is 3.01. The summed E-state index contributed by atoms with van der Waals surface area (Å²) < 4.78 is 6.34. The SMILES string of the molecule is CCOC(=O)c1cc2ccccc2n1C(=O)c1ccc(C(=O)O)cc1. The number of carbonyl (C=O) groups excluding carboxylic acids is 2. The molecule has 1 N–H and O–H groups in total. The zero-order chi connectivity index (χ0) is 18.0. The van der Waals surface area contributed by atoms with E-state index in [1.165, 1.54) is 28.8 Å². The number of benzene rings is 2. The van der Waals surface area contributed by atoms with E-state index in [9.17, 15) is 14.4 Å². The summed E-state index contributed by atoms with van der Waals surface area (Å²) in [7, 11) is 0. The van der Waals surface area contributed by atoms with Gasteiger partial charge in [0.1, 0.15) is 5.69 Å². The van der Waals surface area contributed by atoms with Crippen LogP contribution in [0.15, 0.2) is 54.6 Å². The summed E-state index contributed by atoms with van der Waals surface area (Å²) in [6.45, 7) is 1.89. The summed E-state index contributed by atoms with van der Waals surface area (Å²) in [6, 6.07) is 14.3. The molecule has 2 aromatic carbocycles. The summed E-state index contributed by atoms with van der Waals surface area (Å²) in [6.07, 6.45) is 0. The number of hydrogen-bond donors (Lipinski definition) is 1. The Morgan fingerprint density at radius 2 is 1.64 bits per heavy atom. The van der Waals surface area contributed by atoms with Crippen LogP contribution in [0.4, 0.5) is 0 Å². The van der Waals surface area contributed by atoms with Gasteiger partial charge in [0.2, 0.25) is 0 Å². The fourth-order valence-electron chi connectivity index (χ4n) is 2.61. The Morgan fingerprint density at radius 1 is 1.00 bits per heavy atom. The summed E-state index contributed by atoms with van der Waals surface area (Å²) in [5.74, 6) is -2.09. The molecule has 0 aliphatic rings. The van der Waals surface area contributed by atoms with Gasteiger partial charge in [0.05, 0.1) is 17.7 Å². The number of esters is 1. The van der Waals surface area contributed by atoms with Gasteiger partial charge in [-0.15, -0.1) is 0 Å². The molecule has 0 aliphatic carbocycles. The zero-order valence-electron chi connectivity index (χ0n) is 13.4. The predicted octanol–water partition coefficient (Wildman–Crippen LogP) is 3.20. The van der Waals surface area contributed by atoms with Gasteiger partial charge in [-0.2, -0.15) is 0 Å². The van der Waals surface area contributed by atoms with Crippen LogP contribution < -0.4 is 0 Å². The molecule has 126 valence electrons. The second-order valence-corrected chi connectivity index (χ2v) is 5.33. The van der Waals surface area contributed by atoms with Gasteiger partial charge in [-0.3, -0.25) is 9.36 Å². The molecule has 25 heavy (non-hydrogen) atoms. The maximum absolute atomic E-state index is 12.9. The standard InChI is InChI=1S/C19H15NO5/c1-2-25-19(24)16-11-14-5-3-4-6-15(14)20(16)17(21)12-7-9-13(10-8-12)18(22)23/h3-11H,2H2,1H3,(H,22,23). The lowest BCUT2D eigenvalue weighted by molar-refractivity contribution is 0.0510. The number of nitrogens with zero attached hydrogens (tertiary/aromatic N) is 1. The van der Waals surface area contributed by atoms with E-state index in [-0.39, 0.29) is 23.4 Å². The monoisotopic (exact) mass is 337 g/mol. The molecule has 1 heterocycles. The van der Waals surface area contributed by atoms with E-state index in [1.807, 2.05) is 6.07 Å². The minimum atomic E-state index is -1.07. The first kappa shape index (κ1) is 16.4. The minimum absolute atomic E-state index is 0.0829. The summed E-state index contributed by atoms with van der Waals surface area (Å²) in [5, 5.41) is 9.70. The van der Waals surface area contributed by atoms with Gasteiger partial charge >= 0.3 is 11.9 Å². The first-order valence-corrected chi connectivity index (χ1v) is 7.68. The molecular formula is C19H15NO5. The molecule has 0 spiro atoms. The zero-order valence-corrected chi connectivity index (χ0v) is 13.4. The van der Waals surface area contributed by atoms with E-state index in [0.717, 1.165) is 5.39 Å². The van der Waals surface area contributed by atoms with E-state index in [0.29, 0.717) is 5.52 Å². The second-order valence-electron chi connectivity index (χ2n) is 5.33. The van der Waals surface area contributed by atoms with Crippen molar-refractivity contribution in [1.82, 2.24) is 4.57 Å². The molecule has 0 saturated carbocycles. The first-order chi connectivity index (χ1) is 12.0. The van der Waals surface area contributed by atoms with Crippen molar-refractivity contribution in [3.05, 3.63) is 71.4 Å². The molecule has 0 unspecified atom stereocenters. The summed E-state index contributed by atoms with van der Waals surface area (Å²) in [4.78, 5) is 36.1. The Labute approximate surface area is 143 Å². The maximum Gasteiger partial charge on any atom is 0.355 e. The quantitative estimate of drug-likeness (QED) is 0.739. The van der Waals surface area contributed by atoms with Crippen molar-refractivity contribution in [2.45, 2.75) is 6.92 Å². The van der Waals surface area contributed by atoms with E-state index in [2.05, 4.69) is 0 Å². The molecule has 3 aromatic rings. The van der Waals surface area contributed by atoms with Crippen LogP contribution in [0.2, 0.25) is 0 Å². The summed E-state index contributed by atoms with van der Waals surface area (Å²) >= 11 is 0. The number of carboxylic acids is 1. The number of hydrogen-bond acceptors (Lipinski definition) is 4. The molecule has 0 bridgehead atoms. The second kappa shape index (κ2) is 6.60. The van der Waals surface area contributed by atoms with E-state index in [4.69, 9.17) is 9.84 Å². The van der Waals surface area contributed by atoms with Crippen molar-refractivity contribution in [2.75, 3.05) is 6.61 Å². The Morgan fingerprint density at radius 3 is 2.28 bits per heavy atom. The fourth-order valence-corrected chi connectivity index (χ4v) is 2.61. The van der Waals surface area contributed by atoms with E-state index >= 15 is 0 Å². The third-order valence-electron chi connectivity index (χ3n) is 3.78. The molecule has 6 heteroatoms. The lowest BCUT2D eigenvalue weighted by Gasteiger charge is -2.09. The number of aromatic nitrogens is 1. The largest absolute Gasteiger partial charge is 0.478 e. The summed E-state index contributed by atoms with van der Waals surface area (Å²) in [5.41, 5.74) is 1.07. The lowest BCUT2D eigenvalue weighted by Crippen LogP contribution is -2.19. The van der Waals surface area contributed by atoms with Crippen LogP contribution in [-0.4, -0.2) is 34.1 Å². The number of aromatic carboxylic acids is 1. The lowest BCUT2D eigenvalue weighted by atomic mass is 10.1. The number of rotatable bonds is 4. The molecular weight excluding hydrogens is 322 g/mol. The molecule has 0 saturated heterocycles. The Balaban J connectivity index is 2.12. The average molecular weight is 337 g/mol. The minimum Gasteiger partial charge on any atom is -0.478 e. The van der Waals surface area contributed by atoms with Crippen LogP contribution in [0.1, 0.15) is 38.1 Å². The smallest absolute Gasteiger partial charge is 0.355 e. The highest BCUT2D eigenvalue weighted by Gasteiger charge is 2.22. The van der Waals surface area contributed by atoms with Crippen LogP contribution >= 0.6 is 0 Å². The van der Waals surface area contributed by atoms with Crippen molar-refractivity contribution in [3.8, 4) is 0 Å². The molecule has 6 nitrogen and oxygen atoms in total. The van der Waals surface area contributed by atoms with Gasteiger partial charge in [-0.25, -0.2) is 9.59 Å². The first-order valence-electron chi connectivity index (χ1n) is 7.68. The van der Waals surface area contributed by atoms with Crippen molar-refractivity contribution >= 4 is 28.7 Å². The van der Waals surface area contributed by atoms with Gasteiger partial charge in [0.25, 0.3) is 5.91 Å². The van der Waals surface area contributed by atoms with E-state index < -0.39 is 17.8 Å². The van der Waals surface area contributed by atoms with E-state index in [1.54, 1.807) is 31.2 Å². The number of ether oxygens (including phenoxy) is 1. The van der Waals surface area contributed by atoms with Crippen LogP contribution in [0, 0.1) is 0 Å². The van der Waals surface area contributed by atoms with Crippen molar-refractivity contribution in [1.29, 1.82) is 0 Å². The van der Waals surface area contributed by atoms with Gasteiger partial charge in [0, 0.05) is 10.9 Å². The normalized spacial score (nSPS) is 10.6. The Kier molecular flexibility index (Phi) is 4.35. The highest BCUT2D eigenvalue weighted by Crippen LogP contribution is 2.22. The number of carboxylic acid groups (broad SMARTS) is 1. The molecule has 0 fully saturated rings. The van der Waals surface area contributed by atoms with Gasteiger partial charge in [0.15, 0.2) is 0 Å². The van der Waals surface area contributed by atoms with Crippen LogP contribution in [0.3, 0.4) is 0 Å². The molecule has 1 aromatic heterocycles. The highest BCUT2D eigenvalue weighted by molar-refractivity contribution is 6.08. The number of fused-ring (bicyclic) bond motifs is 1. The van der Waals surface area contributed by atoms with Crippen LogP contribution in [0.25, 0.3) is 10.9 Å². The molecule has 3 rings (SSSR count).